The Kier molecular flexibility index (Phi) is 3.67. The van der Waals surface area contributed by atoms with E-state index in [9.17, 15) is 0 Å². The fourth-order valence-electron chi connectivity index (χ4n) is 4.11. The van der Waals surface area contributed by atoms with E-state index in [1.807, 2.05) is 60.7 Å². The molecule has 0 spiro atoms. The number of benzene rings is 3. The summed E-state index contributed by atoms with van der Waals surface area (Å²) in [7, 11) is 0. The van der Waals surface area contributed by atoms with Crippen LogP contribution in [0, 0.1) is 0 Å². The van der Waals surface area contributed by atoms with Crippen molar-refractivity contribution in [1.29, 1.82) is 0 Å². The third-order valence-electron chi connectivity index (χ3n) is 5.34. The number of hydrogen-bond acceptors (Lipinski definition) is 5. The highest BCUT2D eigenvalue weighted by Crippen LogP contribution is 2.40. The Morgan fingerprint density at radius 3 is 2.50 bits per heavy atom. The van der Waals surface area contributed by atoms with Crippen molar-refractivity contribution in [3.8, 4) is 11.3 Å². The van der Waals surface area contributed by atoms with Gasteiger partial charge in [0.15, 0.2) is 5.58 Å². The van der Waals surface area contributed by atoms with Gasteiger partial charge in [0.2, 0.25) is 5.28 Å². The topological polar surface area (TPSA) is 64.4 Å². The van der Waals surface area contributed by atoms with Crippen molar-refractivity contribution in [1.82, 2.24) is 9.97 Å². The van der Waals surface area contributed by atoms with E-state index in [0.29, 0.717) is 23.3 Å². The first kappa shape index (κ1) is 17.2. The van der Waals surface area contributed by atoms with Crippen LogP contribution in [0.5, 0.6) is 0 Å². The molecule has 0 radical (unpaired) electrons. The zero-order valence-corrected chi connectivity index (χ0v) is 16.5. The molecule has 3 heterocycles. The second kappa shape index (κ2) is 6.40. The molecule has 3 aromatic heterocycles. The van der Waals surface area contributed by atoms with Gasteiger partial charge in [-0.05, 0) is 48.1 Å². The molecule has 0 saturated carbocycles. The Labute approximate surface area is 175 Å². The summed E-state index contributed by atoms with van der Waals surface area (Å²) in [6.45, 7) is 4.15. The highest BCUT2D eigenvalue weighted by molar-refractivity contribution is 6.29. The molecular formula is C24H14ClN3O2. The molecule has 6 heteroatoms. The maximum Gasteiger partial charge on any atom is 0.223 e. The Balaban J connectivity index is 1.73. The number of aromatic nitrogens is 2. The number of furan rings is 2. The molecule has 0 unspecified atom stereocenters. The lowest BCUT2D eigenvalue weighted by Crippen LogP contribution is -1.90. The molecule has 144 valence electrons. The molecule has 0 aliphatic heterocycles. The highest BCUT2D eigenvalue weighted by Gasteiger charge is 2.21. The van der Waals surface area contributed by atoms with Crippen molar-refractivity contribution in [3.63, 3.8) is 0 Å². The standard InChI is InChI=1S/C24H14ClN3O2/c1-26-12-13-6-4-11-18-19(13)15-8-5-9-16(22(15)30-18)21-23-20(27-24(25)28-21)14-7-2-3-10-17(14)29-23/h2-11H,1,12H2. The molecule has 0 atom stereocenters. The molecule has 3 aromatic carbocycles. The maximum atomic E-state index is 6.31. The Hall–Kier alpha value is -3.70. The van der Waals surface area contributed by atoms with Crippen LogP contribution < -0.4 is 0 Å². The molecule has 0 bridgehead atoms. The van der Waals surface area contributed by atoms with Crippen LogP contribution in [0.15, 0.2) is 74.5 Å². The Bertz CT molecular complexity index is 1610. The van der Waals surface area contributed by atoms with Gasteiger partial charge in [-0.3, -0.25) is 4.99 Å². The summed E-state index contributed by atoms with van der Waals surface area (Å²) in [5.74, 6) is 0. The van der Waals surface area contributed by atoms with Crippen molar-refractivity contribution in [2.45, 2.75) is 6.54 Å². The Morgan fingerprint density at radius 2 is 1.60 bits per heavy atom. The van der Waals surface area contributed by atoms with Gasteiger partial charge in [0.1, 0.15) is 28.0 Å². The van der Waals surface area contributed by atoms with Gasteiger partial charge in [-0.1, -0.05) is 36.4 Å². The summed E-state index contributed by atoms with van der Waals surface area (Å²) >= 11 is 6.31. The predicted octanol–water partition coefficient (Wildman–Crippen LogP) is 6.80. The normalized spacial score (nSPS) is 11.8. The van der Waals surface area contributed by atoms with Crippen LogP contribution in [0.1, 0.15) is 5.56 Å². The fourth-order valence-corrected chi connectivity index (χ4v) is 4.28. The molecule has 6 aromatic rings. The van der Waals surface area contributed by atoms with Crippen LogP contribution in [-0.2, 0) is 6.54 Å². The van der Waals surface area contributed by atoms with Gasteiger partial charge in [0.05, 0.1) is 6.54 Å². The van der Waals surface area contributed by atoms with E-state index in [1.165, 1.54) is 0 Å². The van der Waals surface area contributed by atoms with Gasteiger partial charge in [-0.25, -0.2) is 9.97 Å². The number of para-hydroxylation sites is 2. The minimum absolute atomic E-state index is 0.161. The molecule has 5 nitrogen and oxygen atoms in total. The number of hydrogen-bond donors (Lipinski definition) is 0. The number of aliphatic imine (C=N–C) groups is 1. The van der Waals surface area contributed by atoms with Crippen LogP contribution in [0.3, 0.4) is 0 Å². The minimum atomic E-state index is 0.161. The molecule has 0 saturated heterocycles. The zero-order valence-electron chi connectivity index (χ0n) is 15.7. The van der Waals surface area contributed by atoms with E-state index in [0.717, 1.165) is 44.0 Å². The molecule has 30 heavy (non-hydrogen) atoms. The second-order valence-electron chi connectivity index (χ2n) is 7.07. The highest BCUT2D eigenvalue weighted by atomic mass is 35.5. The predicted molar refractivity (Wildman–Crippen MR) is 120 cm³/mol. The smallest absolute Gasteiger partial charge is 0.223 e. The molecule has 0 N–H and O–H groups in total. The van der Waals surface area contributed by atoms with E-state index in [1.54, 1.807) is 0 Å². The maximum absolute atomic E-state index is 6.31. The van der Waals surface area contributed by atoms with Gasteiger partial charge in [0, 0.05) is 21.7 Å². The molecule has 6 rings (SSSR count). The van der Waals surface area contributed by atoms with Crippen molar-refractivity contribution < 1.29 is 8.83 Å². The van der Waals surface area contributed by atoms with Gasteiger partial charge in [-0.15, -0.1) is 0 Å². The lowest BCUT2D eigenvalue weighted by atomic mass is 10.0. The first-order valence-electron chi connectivity index (χ1n) is 9.45. The largest absolute Gasteiger partial charge is 0.455 e. The van der Waals surface area contributed by atoms with E-state index in [4.69, 9.17) is 20.4 Å². The first-order valence-corrected chi connectivity index (χ1v) is 9.83. The Morgan fingerprint density at radius 1 is 0.833 bits per heavy atom. The lowest BCUT2D eigenvalue weighted by molar-refractivity contribution is 0.662. The SMILES string of the molecule is C=NCc1cccc2oc3c(-c4nc(Cl)nc5c4oc4ccccc45)cccc3c12. The quantitative estimate of drug-likeness (QED) is 0.237. The summed E-state index contributed by atoms with van der Waals surface area (Å²) in [4.78, 5) is 13.0. The van der Waals surface area contributed by atoms with E-state index < -0.39 is 0 Å². The molecule has 0 amide bonds. The number of nitrogens with zero attached hydrogens (tertiary/aromatic N) is 3. The number of halogens is 1. The van der Waals surface area contributed by atoms with Crippen LogP contribution >= 0.6 is 11.6 Å². The monoisotopic (exact) mass is 411 g/mol. The van der Waals surface area contributed by atoms with Crippen molar-refractivity contribution in [2.75, 3.05) is 0 Å². The van der Waals surface area contributed by atoms with Gasteiger partial charge < -0.3 is 8.83 Å². The summed E-state index contributed by atoms with van der Waals surface area (Å²) in [6.07, 6.45) is 0. The van der Waals surface area contributed by atoms with Crippen molar-refractivity contribution >= 4 is 62.3 Å². The summed E-state index contributed by atoms with van der Waals surface area (Å²) in [5, 5.41) is 3.08. The van der Waals surface area contributed by atoms with Gasteiger partial charge in [-0.2, -0.15) is 0 Å². The average molecular weight is 412 g/mol. The molecular weight excluding hydrogens is 398 g/mol. The van der Waals surface area contributed by atoms with Crippen molar-refractivity contribution in [3.05, 3.63) is 71.5 Å². The second-order valence-corrected chi connectivity index (χ2v) is 7.41. The van der Waals surface area contributed by atoms with E-state index in [2.05, 4.69) is 21.7 Å². The van der Waals surface area contributed by atoms with E-state index >= 15 is 0 Å². The number of rotatable bonds is 3. The number of fused-ring (bicyclic) bond motifs is 6. The minimum Gasteiger partial charge on any atom is -0.455 e. The molecule has 0 aliphatic carbocycles. The van der Waals surface area contributed by atoms with Crippen LogP contribution in [0.4, 0.5) is 0 Å². The van der Waals surface area contributed by atoms with Crippen LogP contribution in [0.2, 0.25) is 5.28 Å². The summed E-state index contributed by atoms with van der Waals surface area (Å²) in [6, 6.07) is 19.7. The summed E-state index contributed by atoms with van der Waals surface area (Å²) in [5.41, 5.74) is 5.99. The lowest BCUT2D eigenvalue weighted by Gasteiger charge is -2.03. The van der Waals surface area contributed by atoms with Gasteiger partial charge >= 0.3 is 0 Å². The van der Waals surface area contributed by atoms with E-state index in [-0.39, 0.29) is 5.28 Å². The third-order valence-corrected chi connectivity index (χ3v) is 5.51. The van der Waals surface area contributed by atoms with Crippen molar-refractivity contribution in [2.24, 2.45) is 4.99 Å². The molecule has 0 fully saturated rings. The fraction of sp³-hybridized carbons (Fsp3) is 0.0417. The van der Waals surface area contributed by atoms with Crippen LogP contribution in [-0.4, -0.2) is 16.7 Å². The zero-order chi connectivity index (χ0) is 20.2. The molecule has 0 aliphatic rings. The van der Waals surface area contributed by atoms with Crippen LogP contribution in [0.25, 0.3) is 55.3 Å². The first-order chi connectivity index (χ1) is 14.7. The summed E-state index contributed by atoms with van der Waals surface area (Å²) < 4.78 is 12.4. The third kappa shape index (κ3) is 2.39. The average Bonchev–Trinajstić information content (AvgIpc) is 3.32. The van der Waals surface area contributed by atoms with Gasteiger partial charge in [0.25, 0.3) is 0 Å².